The standard InChI is InChI=1S/C24H35N5O3/c1-16(2)13-28(21-22(25)29(14-17(3)4)24(32)26-23(21)31)20(30)15-27-12-8-11-19(27)18-9-6-5-7-10-18/h5-7,9-10,16-17,19H,8,11-15,25H2,1-4H3,(H,26,31,32). The summed E-state index contributed by atoms with van der Waals surface area (Å²) in [5.74, 6) is 0.127. The molecule has 8 heteroatoms. The fraction of sp³-hybridized carbons (Fsp3) is 0.542. The molecule has 1 unspecified atom stereocenters. The Hall–Kier alpha value is -2.87. The van der Waals surface area contributed by atoms with E-state index in [0.29, 0.717) is 13.1 Å². The number of hydrogen-bond acceptors (Lipinski definition) is 5. The monoisotopic (exact) mass is 441 g/mol. The molecule has 1 aromatic carbocycles. The van der Waals surface area contributed by atoms with Gasteiger partial charge < -0.3 is 10.6 Å². The second-order valence-electron chi connectivity index (χ2n) is 9.43. The number of nitrogens with one attached hydrogen (secondary N) is 1. The minimum absolute atomic E-state index is 0.0440. The van der Waals surface area contributed by atoms with Gasteiger partial charge in [0.05, 0.1) is 6.54 Å². The van der Waals surface area contributed by atoms with Gasteiger partial charge in [-0.1, -0.05) is 58.0 Å². The third-order valence-corrected chi connectivity index (χ3v) is 5.77. The van der Waals surface area contributed by atoms with Gasteiger partial charge in [0, 0.05) is 19.1 Å². The predicted octanol–water partition coefficient (Wildman–Crippen LogP) is 2.60. The number of aromatic amines is 1. The molecule has 0 radical (unpaired) electrons. The van der Waals surface area contributed by atoms with Crippen molar-refractivity contribution in [1.29, 1.82) is 0 Å². The highest BCUT2D eigenvalue weighted by Crippen LogP contribution is 2.32. The molecule has 3 N–H and O–H groups in total. The number of amides is 1. The third-order valence-electron chi connectivity index (χ3n) is 5.77. The number of aromatic nitrogens is 2. The maximum absolute atomic E-state index is 13.5. The van der Waals surface area contributed by atoms with Crippen LogP contribution in [0.2, 0.25) is 0 Å². The van der Waals surface area contributed by atoms with E-state index < -0.39 is 11.2 Å². The first-order valence-corrected chi connectivity index (χ1v) is 11.4. The van der Waals surface area contributed by atoms with Crippen molar-refractivity contribution in [3.8, 4) is 0 Å². The van der Waals surface area contributed by atoms with Gasteiger partial charge in [-0.3, -0.25) is 24.0 Å². The van der Waals surface area contributed by atoms with Crippen LogP contribution in [0.3, 0.4) is 0 Å². The Morgan fingerprint density at radius 1 is 1.16 bits per heavy atom. The van der Waals surface area contributed by atoms with Crippen molar-refractivity contribution in [3.05, 3.63) is 56.7 Å². The molecule has 1 aliphatic heterocycles. The minimum atomic E-state index is -0.623. The van der Waals surface area contributed by atoms with E-state index in [1.165, 1.54) is 15.0 Å². The summed E-state index contributed by atoms with van der Waals surface area (Å²) in [6, 6.07) is 10.4. The summed E-state index contributed by atoms with van der Waals surface area (Å²) in [5, 5.41) is 0. The number of nitrogens with zero attached hydrogens (tertiary/aromatic N) is 3. The van der Waals surface area contributed by atoms with E-state index in [2.05, 4.69) is 22.0 Å². The van der Waals surface area contributed by atoms with Gasteiger partial charge in [0.25, 0.3) is 5.56 Å². The van der Waals surface area contributed by atoms with E-state index in [9.17, 15) is 14.4 Å². The zero-order valence-corrected chi connectivity index (χ0v) is 19.5. The Kier molecular flexibility index (Phi) is 7.56. The van der Waals surface area contributed by atoms with Crippen molar-refractivity contribution in [2.75, 3.05) is 30.3 Å². The third kappa shape index (κ3) is 5.30. The summed E-state index contributed by atoms with van der Waals surface area (Å²) in [6.45, 7) is 9.61. The number of benzene rings is 1. The molecule has 2 heterocycles. The van der Waals surface area contributed by atoms with Crippen molar-refractivity contribution in [1.82, 2.24) is 14.5 Å². The van der Waals surface area contributed by atoms with Gasteiger partial charge >= 0.3 is 5.69 Å². The summed E-state index contributed by atoms with van der Waals surface area (Å²) in [6.07, 6.45) is 2.00. The van der Waals surface area contributed by atoms with Crippen molar-refractivity contribution < 1.29 is 4.79 Å². The van der Waals surface area contributed by atoms with Crippen molar-refractivity contribution in [3.63, 3.8) is 0 Å². The Morgan fingerprint density at radius 3 is 2.47 bits per heavy atom. The topological polar surface area (TPSA) is 104 Å². The molecule has 8 nitrogen and oxygen atoms in total. The van der Waals surface area contributed by atoms with Gasteiger partial charge in [0.15, 0.2) is 5.69 Å². The van der Waals surface area contributed by atoms with E-state index in [4.69, 9.17) is 5.73 Å². The zero-order chi connectivity index (χ0) is 23.4. The lowest BCUT2D eigenvalue weighted by Gasteiger charge is -2.30. The second kappa shape index (κ2) is 10.2. The van der Waals surface area contributed by atoms with E-state index in [-0.39, 0.29) is 41.8 Å². The van der Waals surface area contributed by atoms with Crippen LogP contribution in [0.25, 0.3) is 0 Å². The molecule has 0 saturated carbocycles. The number of hydrogen-bond donors (Lipinski definition) is 2. The molecular weight excluding hydrogens is 406 g/mol. The molecule has 3 rings (SSSR count). The largest absolute Gasteiger partial charge is 0.383 e. The summed E-state index contributed by atoms with van der Waals surface area (Å²) < 4.78 is 1.35. The number of nitrogens with two attached hydrogens (primary N) is 1. The number of anilines is 2. The number of likely N-dealkylation sites (tertiary alicyclic amines) is 1. The Labute approximate surface area is 189 Å². The molecule has 0 bridgehead atoms. The lowest BCUT2D eigenvalue weighted by Crippen LogP contribution is -2.46. The fourth-order valence-electron chi connectivity index (χ4n) is 4.39. The first-order chi connectivity index (χ1) is 15.2. The summed E-state index contributed by atoms with van der Waals surface area (Å²) in [5.41, 5.74) is 6.40. The first-order valence-electron chi connectivity index (χ1n) is 11.4. The molecule has 32 heavy (non-hydrogen) atoms. The summed E-state index contributed by atoms with van der Waals surface area (Å²) >= 11 is 0. The highest BCUT2D eigenvalue weighted by Gasteiger charge is 2.31. The van der Waals surface area contributed by atoms with Gasteiger partial charge in [-0.25, -0.2) is 4.79 Å². The van der Waals surface area contributed by atoms with Gasteiger partial charge in [0.2, 0.25) is 5.91 Å². The number of nitrogen functional groups attached to an aromatic ring is 1. The maximum atomic E-state index is 13.5. The van der Waals surface area contributed by atoms with Crippen LogP contribution in [0.1, 0.15) is 52.1 Å². The molecule has 1 atom stereocenters. The Bertz CT molecular complexity index is 1040. The molecule has 1 amide bonds. The second-order valence-corrected chi connectivity index (χ2v) is 9.43. The Balaban J connectivity index is 1.94. The quantitative estimate of drug-likeness (QED) is 0.655. The van der Waals surface area contributed by atoms with E-state index in [1.54, 1.807) is 0 Å². The van der Waals surface area contributed by atoms with Crippen LogP contribution in [0.4, 0.5) is 11.5 Å². The van der Waals surface area contributed by atoms with Crippen LogP contribution in [-0.2, 0) is 11.3 Å². The molecule has 1 saturated heterocycles. The number of carbonyl (C=O) groups is 1. The smallest absolute Gasteiger partial charge is 0.330 e. The molecular formula is C24H35N5O3. The molecule has 0 aliphatic carbocycles. The van der Waals surface area contributed by atoms with E-state index in [1.807, 2.05) is 45.9 Å². The molecule has 174 valence electrons. The lowest BCUT2D eigenvalue weighted by atomic mass is 10.0. The highest BCUT2D eigenvalue weighted by atomic mass is 16.2. The van der Waals surface area contributed by atoms with Gasteiger partial charge in [-0.15, -0.1) is 0 Å². The average Bonchev–Trinajstić information content (AvgIpc) is 3.18. The predicted molar refractivity (Wildman–Crippen MR) is 128 cm³/mol. The van der Waals surface area contributed by atoms with E-state index >= 15 is 0 Å². The fourth-order valence-corrected chi connectivity index (χ4v) is 4.39. The van der Waals surface area contributed by atoms with Crippen LogP contribution in [0.15, 0.2) is 39.9 Å². The van der Waals surface area contributed by atoms with Crippen molar-refractivity contribution in [2.45, 2.75) is 53.1 Å². The van der Waals surface area contributed by atoms with Crippen LogP contribution >= 0.6 is 0 Å². The SMILES string of the molecule is CC(C)CN(C(=O)CN1CCCC1c1ccccc1)c1c(N)n(CC(C)C)c(=O)[nH]c1=O. The number of H-pyrrole nitrogens is 1. The van der Waals surface area contributed by atoms with Crippen LogP contribution in [0.5, 0.6) is 0 Å². The summed E-state index contributed by atoms with van der Waals surface area (Å²) in [4.78, 5) is 44.7. The number of rotatable bonds is 8. The van der Waals surface area contributed by atoms with Crippen LogP contribution in [-0.4, -0.2) is 40.0 Å². The molecule has 2 aromatic rings. The summed E-state index contributed by atoms with van der Waals surface area (Å²) in [7, 11) is 0. The van der Waals surface area contributed by atoms with Gasteiger partial charge in [-0.05, 0) is 36.8 Å². The average molecular weight is 442 g/mol. The van der Waals surface area contributed by atoms with Crippen LogP contribution in [0, 0.1) is 11.8 Å². The maximum Gasteiger partial charge on any atom is 0.330 e. The molecule has 1 aromatic heterocycles. The van der Waals surface area contributed by atoms with Crippen molar-refractivity contribution >= 4 is 17.4 Å². The van der Waals surface area contributed by atoms with Crippen molar-refractivity contribution in [2.24, 2.45) is 11.8 Å². The molecule has 1 aliphatic rings. The lowest BCUT2D eigenvalue weighted by molar-refractivity contribution is -0.120. The minimum Gasteiger partial charge on any atom is -0.383 e. The van der Waals surface area contributed by atoms with E-state index in [0.717, 1.165) is 19.4 Å². The Morgan fingerprint density at radius 2 is 1.84 bits per heavy atom. The zero-order valence-electron chi connectivity index (χ0n) is 19.5. The first kappa shape index (κ1) is 23.8. The number of carbonyl (C=O) groups excluding carboxylic acids is 1. The van der Waals surface area contributed by atoms with Crippen LogP contribution < -0.4 is 21.9 Å². The van der Waals surface area contributed by atoms with Gasteiger partial charge in [0.1, 0.15) is 5.82 Å². The van der Waals surface area contributed by atoms with Gasteiger partial charge in [-0.2, -0.15) is 0 Å². The highest BCUT2D eigenvalue weighted by molar-refractivity contribution is 5.97. The molecule has 0 spiro atoms. The molecule has 1 fully saturated rings. The normalized spacial score (nSPS) is 16.8.